The van der Waals surface area contributed by atoms with Crippen molar-refractivity contribution in [1.29, 1.82) is 0 Å². The molecule has 0 bridgehead atoms. The third-order valence-corrected chi connectivity index (χ3v) is 4.62. The highest BCUT2D eigenvalue weighted by Crippen LogP contribution is 2.28. The Hall–Kier alpha value is -0.510. The van der Waals surface area contributed by atoms with Gasteiger partial charge in [0.05, 0.1) is 16.4 Å². The third kappa shape index (κ3) is 3.33. The largest absolute Gasteiger partial charge is 0.271 e. The summed E-state index contributed by atoms with van der Waals surface area (Å²) in [6.45, 7) is 1.92. The van der Waals surface area contributed by atoms with Crippen LogP contribution in [0.2, 0.25) is 5.02 Å². The highest BCUT2D eigenvalue weighted by molar-refractivity contribution is 9.10. The molecular formula is C14H15BrCl2N2. The Morgan fingerprint density at radius 3 is 2.42 bits per heavy atom. The second kappa shape index (κ2) is 6.29. The van der Waals surface area contributed by atoms with Gasteiger partial charge in [0.1, 0.15) is 0 Å². The molecule has 0 amide bonds. The zero-order valence-electron chi connectivity index (χ0n) is 10.8. The zero-order chi connectivity index (χ0) is 14.0. The fourth-order valence-corrected chi connectivity index (χ4v) is 2.92. The Bertz CT molecular complexity index is 564. The summed E-state index contributed by atoms with van der Waals surface area (Å²) in [4.78, 5) is 0. The van der Waals surface area contributed by atoms with Gasteiger partial charge in [-0.3, -0.25) is 4.68 Å². The molecule has 0 fully saturated rings. The predicted molar refractivity (Wildman–Crippen MR) is 84.3 cm³/mol. The summed E-state index contributed by atoms with van der Waals surface area (Å²) in [5.74, 6) is 0.796. The maximum absolute atomic E-state index is 6.29. The standard InChI is InChI=1S/C14H15BrCl2N2/c1-9-14(17)13(19(2)18-9)7-11(8-16)10-3-5-12(15)6-4-10/h3-6,11H,7-8H2,1-2H3. The van der Waals surface area contributed by atoms with Gasteiger partial charge in [-0.25, -0.2) is 0 Å². The zero-order valence-corrected chi connectivity index (χ0v) is 13.9. The normalized spacial score (nSPS) is 12.7. The van der Waals surface area contributed by atoms with Crippen LogP contribution in [0.25, 0.3) is 0 Å². The molecule has 102 valence electrons. The van der Waals surface area contributed by atoms with E-state index in [1.54, 1.807) is 0 Å². The summed E-state index contributed by atoms with van der Waals surface area (Å²) in [5.41, 5.74) is 3.11. The summed E-state index contributed by atoms with van der Waals surface area (Å²) >= 11 is 15.9. The van der Waals surface area contributed by atoms with Crippen molar-refractivity contribution in [3.63, 3.8) is 0 Å². The average molecular weight is 362 g/mol. The van der Waals surface area contributed by atoms with E-state index < -0.39 is 0 Å². The monoisotopic (exact) mass is 360 g/mol. The Kier molecular flexibility index (Phi) is 4.93. The van der Waals surface area contributed by atoms with E-state index in [4.69, 9.17) is 23.2 Å². The number of halogens is 3. The van der Waals surface area contributed by atoms with Crippen molar-refractivity contribution in [3.8, 4) is 0 Å². The SMILES string of the molecule is Cc1nn(C)c(CC(CCl)c2ccc(Br)cc2)c1Cl. The average Bonchev–Trinajstić information content (AvgIpc) is 2.63. The fraction of sp³-hybridized carbons (Fsp3) is 0.357. The molecule has 19 heavy (non-hydrogen) atoms. The van der Waals surface area contributed by atoms with E-state index in [2.05, 4.69) is 33.2 Å². The number of rotatable bonds is 4. The van der Waals surface area contributed by atoms with Crippen molar-refractivity contribution < 1.29 is 0 Å². The smallest absolute Gasteiger partial charge is 0.0847 e. The van der Waals surface area contributed by atoms with E-state index in [-0.39, 0.29) is 5.92 Å². The van der Waals surface area contributed by atoms with Gasteiger partial charge in [-0.15, -0.1) is 11.6 Å². The summed E-state index contributed by atoms with van der Waals surface area (Å²) < 4.78 is 2.91. The van der Waals surface area contributed by atoms with Gasteiger partial charge >= 0.3 is 0 Å². The highest BCUT2D eigenvalue weighted by atomic mass is 79.9. The third-order valence-electron chi connectivity index (χ3n) is 3.23. The summed E-state index contributed by atoms with van der Waals surface area (Å²) in [7, 11) is 1.92. The maximum Gasteiger partial charge on any atom is 0.0847 e. The molecule has 1 unspecified atom stereocenters. The lowest BCUT2D eigenvalue weighted by molar-refractivity contribution is 0.657. The molecule has 0 saturated carbocycles. The van der Waals surface area contributed by atoms with Crippen molar-refractivity contribution in [2.24, 2.45) is 7.05 Å². The van der Waals surface area contributed by atoms with Crippen molar-refractivity contribution in [2.45, 2.75) is 19.3 Å². The quantitative estimate of drug-likeness (QED) is 0.721. The number of aryl methyl sites for hydroxylation is 2. The van der Waals surface area contributed by atoms with Crippen molar-refractivity contribution in [1.82, 2.24) is 9.78 Å². The molecule has 1 heterocycles. The van der Waals surface area contributed by atoms with Gasteiger partial charge in [0.25, 0.3) is 0 Å². The van der Waals surface area contributed by atoms with E-state index in [9.17, 15) is 0 Å². The molecule has 0 spiro atoms. The van der Waals surface area contributed by atoms with Crippen LogP contribution in [0.5, 0.6) is 0 Å². The van der Waals surface area contributed by atoms with Crippen molar-refractivity contribution >= 4 is 39.1 Å². The van der Waals surface area contributed by atoms with Crippen LogP contribution in [0.1, 0.15) is 22.9 Å². The number of alkyl halides is 1. The van der Waals surface area contributed by atoms with Crippen LogP contribution in [0.4, 0.5) is 0 Å². The van der Waals surface area contributed by atoms with Gasteiger partial charge in [0.15, 0.2) is 0 Å². The minimum Gasteiger partial charge on any atom is -0.271 e. The van der Waals surface area contributed by atoms with E-state index in [1.165, 1.54) is 5.56 Å². The lowest BCUT2D eigenvalue weighted by Gasteiger charge is -2.15. The molecule has 0 radical (unpaired) electrons. The number of nitrogens with zero attached hydrogens (tertiary/aromatic N) is 2. The molecule has 2 nitrogen and oxygen atoms in total. The first kappa shape index (κ1) is 14.9. The number of benzene rings is 1. The highest BCUT2D eigenvalue weighted by Gasteiger charge is 2.18. The fourth-order valence-electron chi connectivity index (χ4n) is 2.13. The van der Waals surface area contributed by atoms with Crippen LogP contribution in [-0.2, 0) is 13.5 Å². The molecule has 0 N–H and O–H groups in total. The first-order chi connectivity index (χ1) is 9.02. The molecule has 0 saturated heterocycles. The van der Waals surface area contributed by atoms with E-state index in [0.29, 0.717) is 5.88 Å². The Balaban J connectivity index is 2.26. The van der Waals surface area contributed by atoms with Crippen LogP contribution >= 0.6 is 39.1 Å². The minimum absolute atomic E-state index is 0.238. The molecule has 2 aromatic rings. The molecule has 1 atom stereocenters. The van der Waals surface area contributed by atoms with Gasteiger partial charge in [-0.1, -0.05) is 39.7 Å². The van der Waals surface area contributed by atoms with Gasteiger partial charge in [0.2, 0.25) is 0 Å². The van der Waals surface area contributed by atoms with Gasteiger partial charge in [-0.2, -0.15) is 5.10 Å². The van der Waals surface area contributed by atoms with Crippen molar-refractivity contribution in [3.05, 3.63) is 50.7 Å². The second-order valence-corrected chi connectivity index (χ2v) is 6.18. The molecule has 2 rings (SSSR count). The molecule has 1 aromatic carbocycles. The summed E-state index contributed by atoms with van der Waals surface area (Å²) in [5, 5.41) is 5.08. The molecule has 0 aliphatic rings. The van der Waals surface area contributed by atoms with E-state index >= 15 is 0 Å². The maximum atomic E-state index is 6.29. The minimum atomic E-state index is 0.238. The summed E-state index contributed by atoms with van der Waals surface area (Å²) in [6.07, 6.45) is 0.793. The molecule has 0 aliphatic heterocycles. The van der Waals surface area contributed by atoms with Gasteiger partial charge < -0.3 is 0 Å². The van der Waals surface area contributed by atoms with E-state index in [0.717, 1.165) is 27.3 Å². The van der Waals surface area contributed by atoms with Crippen LogP contribution in [-0.4, -0.2) is 15.7 Å². The Morgan fingerprint density at radius 2 is 1.95 bits per heavy atom. The predicted octanol–water partition coefficient (Wildman–Crippen LogP) is 4.71. The number of hydrogen-bond donors (Lipinski definition) is 0. The van der Waals surface area contributed by atoms with Gasteiger partial charge in [0, 0.05) is 23.3 Å². The number of hydrogen-bond acceptors (Lipinski definition) is 1. The molecule has 0 aliphatic carbocycles. The first-order valence-electron chi connectivity index (χ1n) is 6.02. The van der Waals surface area contributed by atoms with Crippen molar-refractivity contribution in [2.75, 3.05) is 5.88 Å². The van der Waals surface area contributed by atoms with Crippen LogP contribution in [0.3, 0.4) is 0 Å². The molecule has 1 aromatic heterocycles. The van der Waals surface area contributed by atoms with Gasteiger partial charge in [-0.05, 0) is 31.0 Å². The lowest BCUT2D eigenvalue weighted by atomic mass is 9.96. The topological polar surface area (TPSA) is 17.8 Å². The molecular weight excluding hydrogens is 347 g/mol. The Labute approximate surface area is 131 Å². The Morgan fingerprint density at radius 1 is 1.32 bits per heavy atom. The van der Waals surface area contributed by atoms with Crippen LogP contribution in [0.15, 0.2) is 28.7 Å². The van der Waals surface area contributed by atoms with E-state index in [1.807, 2.05) is 30.8 Å². The first-order valence-corrected chi connectivity index (χ1v) is 7.73. The van der Waals surface area contributed by atoms with Crippen LogP contribution in [0, 0.1) is 6.92 Å². The number of aromatic nitrogens is 2. The van der Waals surface area contributed by atoms with Crippen LogP contribution < -0.4 is 0 Å². The lowest BCUT2D eigenvalue weighted by Crippen LogP contribution is -2.09. The summed E-state index contributed by atoms with van der Waals surface area (Å²) in [6, 6.07) is 8.25. The second-order valence-electron chi connectivity index (χ2n) is 4.58. The molecule has 5 heteroatoms.